The zero-order valence-corrected chi connectivity index (χ0v) is 10.2. The fourth-order valence-electron chi connectivity index (χ4n) is 2.18. The van der Waals surface area contributed by atoms with Crippen LogP contribution in [-0.4, -0.2) is 42.3 Å². The fourth-order valence-corrected chi connectivity index (χ4v) is 2.18. The minimum atomic E-state index is -0.122. The Hall–Kier alpha value is -2.18. The molecular weight excluding hydrogens is 232 g/mol. The number of aromatic nitrogens is 5. The van der Waals surface area contributed by atoms with Crippen LogP contribution in [-0.2, 0) is 19.5 Å². The molecular formula is C11H14N6O. The highest BCUT2D eigenvalue weighted by Crippen LogP contribution is 2.15. The maximum Gasteiger partial charge on any atom is 0.329 e. The molecule has 1 aliphatic rings. The Balaban J connectivity index is 1.74. The summed E-state index contributed by atoms with van der Waals surface area (Å²) in [5, 5.41) is 8.26. The Kier molecular flexibility index (Phi) is 2.58. The smallest absolute Gasteiger partial charge is 0.320 e. The number of nitrogens with zero attached hydrogens (tertiary/aromatic N) is 6. The van der Waals surface area contributed by atoms with Crippen molar-refractivity contribution in [2.45, 2.75) is 25.9 Å². The Morgan fingerprint density at radius 2 is 2.39 bits per heavy atom. The highest BCUT2D eigenvalue weighted by atomic mass is 16.2. The second-order valence-electron chi connectivity index (χ2n) is 4.40. The van der Waals surface area contributed by atoms with E-state index in [1.54, 1.807) is 24.3 Å². The van der Waals surface area contributed by atoms with Crippen LogP contribution in [0.25, 0.3) is 0 Å². The van der Waals surface area contributed by atoms with Crippen LogP contribution in [0.2, 0.25) is 0 Å². The van der Waals surface area contributed by atoms with Crippen LogP contribution < -0.4 is 0 Å². The summed E-state index contributed by atoms with van der Waals surface area (Å²) in [6.07, 6.45) is 6.80. The summed E-state index contributed by atoms with van der Waals surface area (Å²) in [7, 11) is 1.75. The third kappa shape index (κ3) is 1.77. The summed E-state index contributed by atoms with van der Waals surface area (Å²) >= 11 is 0. The maximum absolute atomic E-state index is 12.0. The van der Waals surface area contributed by atoms with Gasteiger partial charge in [0.2, 0.25) is 0 Å². The molecule has 2 aromatic heterocycles. The number of amides is 1. The van der Waals surface area contributed by atoms with Crippen molar-refractivity contribution < 1.29 is 4.79 Å². The van der Waals surface area contributed by atoms with Crippen molar-refractivity contribution in [1.82, 2.24) is 29.2 Å². The first-order chi connectivity index (χ1) is 8.75. The second-order valence-corrected chi connectivity index (χ2v) is 4.40. The summed E-state index contributed by atoms with van der Waals surface area (Å²) in [5.41, 5.74) is 0. The van der Waals surface area contributed by atoms with Gasteiger partial charge in [0.15, 0.2) is 5.82 Å². The Bertz CT molecular complexity index is 558. The van der Waals surface area contributed by atoms with Crippen molar-refractivity contribution in [3.8, 4) is 0 Å². The van der Waals surface area contributed by atoms with Crippen LogP contribution in [0, 0.1) is 0 Å². The summed E-state index contributed by atoms with van der Waals surface area (Å²) in [4.78, 5) is 17.5. The number of hydrogen-bond acceptors (Lipinski definition) is 4. The van der Waals surface area contributed by atoms with E-state index in [0.29, 0.717) is 6.54 Å². The molecule has 0 radical (unpaired) electrons. The van der Waals surface area contributed by atoms with E-state index < -0.39 is 0 Å². The van der Waals surface area contributed by atoms with Crippen LogP contribution in [0.5, 0.6) is 0 Å². The highest BCUT2D eigenvalue weighted by Gasteiger charge is 2.20. The van der Waals surface area contributed by atoms with Crippen molar-refractivity contribution in [3.63, 3.8) is 0 Å². The van der Waals surface area contributed by atoms with E-state index in [4.69, 9.17) is 0 Å². The van der Waals surface area contributed by atoms with Gasteiger partial charge in [-0.3, -0.25) is 4.57 Å². The lowest BCUT2D eigenvalue weighted by Crippen LogP contribution is -2.31. The van der Waals surface area contributed by atoms with Gasteiger partial charge >= 0.3 is 6.03 Å². The number of fused-ring (bicyclic) bond motifs is 1. The number of carbonyl (C=O) groups is 1. The van der Waals surface area contributed by atoms with Crippen LogP contribution in [0.3, 0.4) is 0 Å². The minimum absolute atomic E-state index is 0.122. The summed E-state index contributed by atoms with van der Waals surface area (Å²) in [5.74, 6) is 1.87. The van der Waals surface area contributed by atoms with Gasteiger partial charge in [-0.1, -0.05) is 0 Å². The normalized spacial score (nSPS) is 13.6. The molecule has 18 heavy (non-hydrogen) atoms. The predicted octanol–water partition coefficient (Wildman–Crippen LogP) is 0.521. The van der Waals surface area contributed by atoms with Gasteiger partial charge in [-0.25, -0.2) is 9.78 Å². The standard InChI is InChI=1S/C11H14N6O/c1-15(11(18)16-6-4-12-8-16)7-10-14-13-9-3-2-5-17(9)10/h4,6,8H,2-3,5,7H2,1H3. The van der Waals surface area contributed by atoms with Crippen molar-refractivity contribution in [3.05, 3.63) is 30.4 Å². The quantitative estimate of drug-likeness (QED) is 0.774. The van der Waals surface area contributed by atoms with Crippen molar-refractivity contribution in [2.24, 2.45) is 0 Å². The largest absolute Gasteiger partial charge is 0.329 e. The predicted molar refractivity (Wildman–Crippen MR) is 62.8 cm³/mol. The third-order valence-electron chi connectivity index (χ3n) is 3.12. The average Bonchev–Trinajstić information content (AvgIpc) is 3.06. The lowest BCUT2D eigenvalue weighted by atomic mass is 10.4. The second kappa shape index (κ2) is 4.25. The lowest BCUT2D eigenvalue weighted by molar-refractivity contribution is 0.207. The van der Waals surface area contributed by atoms with Crippen molar-refractivity contribution >= 4 is 6.03 Å². The molecule has 0 spiro atoms. The van der Waals surface area contributed by atoms with Gasteiger partial charge in [-0.2, -0.15) is 0 Å². The molecule has 0 unspecified atom stereocenters. The molecule has 3 heterocycles. The van der Waals surface area contributed by atoms with Gasteiger partial charge in [-0.05, 0) is 6.42 Å². The van der Waals surface area contributed by atoms with Gasteiger partial charge in [0.05, 0.1) is 6.54 Å². The fraction of sp³-hybridized carbons (Fsp3) is 0.455. The average molecular weight is 246 g/mol. The van der Waals surface area contributed by atoms with E-state index in [1.165, 1.54) is 10.9 Å². The molecule has 0 fully saturated rings. The number of hydrogen-bond donors (Lipinski definition) is 0. The number of aryl methyl sites for hydroxylation is 1. The van der Waals surface area contributed by atoms with Crippen molar-refractivity contribution in [1.29, 1.82) is 0 Å². The number of rotatable bonds is 2. The molecule has 0 saturated carbocycles. The van der Waals surface area contributed by atoms with E-state index in [2.05, 4.69) is 19.7 Å². The summed E-state index contributed by atoms with van der Waals surface area (Å²) in [6.45, 7) is 1.41. The molecule has 1 amide bonds. The Labute approximate surface area is 104 Å². The topological polar surface area (TPSA) is 68.8 Å². The van der Waals surface area contributed by atoms with Gasteiger partial charge < -0.3 is 9.47 Å². The van der Waals surface area contributed by atoms with E-state index in [0.717, 1.165) is 31.0 Å². The molecule has 1 aliphatic heterocycles. The molecule has 94 valence electrons. The third-order valence-corrected chi connectivity index (χ3v) is 3.12. The molecule has 0 aromatic carbocycles. The van der Waals surface area contributed by atoms with Gasteiger partial charge in [0.25, 0.3) is 0 Å². The number of imidazole rings is 1. The zero-order chi connectivity index (χ0) is 12.5. The monoisotopic (exact) mass is 246 g/mol. The van der Waals surface area contributed by atoms with E-state index in [1.807, 2.05) is 0 Å². The van der Waals surface area contributed by atoms with Gasteiger partial charge in [0, 0.05) is 32.4 Å². The van der Waals surface area contributed by atoms with Crippen LogP contribution in [0.1, 0.15) is 18.1 Å². The van der Waals surface area contributed by atoms with Gasteiger partial charge in [-0.15, -0.1) is 10.2 Å². The molecule has 2 aromatic rings. The van der Waals surface area contributed by atoms with Crippen molar-refractivity contribution in [2.75, 3.05) is 7.05 Å². The van der Waals surface area contributed by atoms with Crippen LogP contribution in [0.4, 0.5) is 4.79 Å². The SMILES string of the molecule is CN(Cc1nnc2n1CCC2)C(=O)n1ccnc1. The lowest BCUT2D eigenvalue weighted by Gasteiger charge is -2.16. The van der Waals surface area contributed by atoms with E-state index >= 15 is 0 Å². The molecule has 0 N–H and O–H groups in total. The molecule has 0 bridgehead atoms. The number of carbonyl (C=O) groups excluding carboxylic acids is 1. The molecule has 0 aliphatic carbocycles. The molecule has 0 saturated heterocycles. The van der Waals surface area contributed by atoms with Gasteiger partial charge in [0.1, 0.15) is 12.2 Å². The summed E-state index contributed by atoms with van der Waals surface area (Å²) < 4.78 is 3.54. The maximum atomic E-state index is 12.0. The van der Waals surface area contributed by atoms with E-state index in [-0.39, 0.29) is 6.03 Å². The molecule has 3 rings (SSSR count). The van der Waals surface area contributed by atoms with Crippen LogP contribution >= 0.6 is 0 Å². The highest BCUT2D eigenvalue weighted by molar-refractivity contribution is 5.76. The minimum Gasteiger partial charge on any atom is -0.320 e. The molecule has 7 heteroatoms. The first-order valence-corrected chi connectivity index (χ1v) is 5.90. The van der Waals surface area contributed by atoms with E-state index in [9.17, 15) is 4.79 Å². The molecule has 7 nitrogen and oxygen atoms in total. The molecule has 0 atom stereocenters. The summed E-state index contributed by atoms with van der Waals surface area (Å²) in [6, 6.07) is -0.122. The van der Waals surface area contributed by atoms with Crippen LogP contribution in [0.15, 0.2) is 18.7 Å². The first kappa shape index (κ1) is 10.9. The Morgan fingerprint density at radius 1 is 1.50 bits per heavy atom. The Morgan fingerprint density at radius 3 is 3.17 bits per heavy atom. The zero-order valence-electron chi connectivity index (χ0n) is 10.2. The first-order valence-electron chi connectivity index (χ1n) is 5.90.